The predicted molar refractivity (Wildman–Crippen MR) is 93.7 cm³/mol. The zero-order chi connectivity index (χ0) is 15.0. The molecule has 1 saturated heterocycles. The number of nitrogens with zero attached hydrogens (tertiary/aromatic N) is 1. The third kappa shape index (κ3) is 5.10. The number of hydrogen-bond donors (Lipinski definition) is 1. The highest BCUT2D eigenvalue weighted by Crippen LogP contribution is 2.22. The lowest BCUT2D eigenvalue weighted by atomic mass is 9.92. The van der Waals surface area contributed by atoms with Crippen LogP contribution in [-0.2, 0) is 6.42 Å². The van der Waals surface area contributed by atoms with E-state index in [1.54, 1.807) is 0 Å². The van der Waals surface area contributed by atoms with Gasteiger partial charge in [0.2, 0.25) is 0 Å². The van der Waals surface area contributed by atoms with Crippen LogP contribution in [0, 0.1) is 5.92 Å². The minimum atomic E-state index is 0.732. The van der Waals surface area contributed by atoms with Gasteiger partial charge in [-0.2, -0.15) is 0 Å². The van der Waals surface area contributed by atoms with E-state index in [1.165, 1.54) is 82.9 Å². The van der Waals surface area contributed by atoms with Crippen LogP contribution in [0.5, 0.6) is 0 Å². The Morgan fingerprint density at radius 1 is 0.864 bits per heavy atom. The molecular formula is C20H32N2. The van der Waals surface area contributed by atoms with Crippen molar-refractivity contribution in [3.05, 3.63) is 35.9 Å². The molecule has 3 rings (SSSR count). The van der Waals surface area contributed by atoms with Gasteiger partial charge in [-0.1, -0.05) is 62.4 Å². The highest BCUT2D eigenvalue weighted by atomic mass is 15.5. The number of benzene rings is 1. The first-order valence-corrected chi connectivity index (χ1v) is 9.45. The molecule has 1 aromatic carbocycles. The Hall–Kier alpha value is -0.860. The second-order valence-electron chi connectivity index (χ2n) is 7.32. The van der Waals surface area contributed by atoms with Gasteiger partial charge in [0.25, 0.3) is 0 Å². The van der Waals surface area contributed by atoms with E-state index in [-0.39, 0.29) is 0 Å². The average Bonchev–Trinajstić information content (AvgIpc) is 2.51. The Kier molecular flexibility index (Phi) is 6.32. The zero-order valence-electron chi connectivity index (χ0n) is 14.0. The van der Waals surface area contributed by atoms with E-state index in [4.69, 9.17) is 0 Å². The number of hydrazine groups is 1. The summed E-state index contributed by atoms with van der Waals surface area (Å²) in [4.78, 5) is 0. The summed E-state index contributed by atoms with van der Waals surface area (Å²) in [5, 5.41) is 2.55. The molecule has 2 heteroatoms. The van der Waals surface area contributed by atoms with Crippen LogP contribution in [0.4, 0.5) is 0 Å². The van der Waals surface area contributed by atoms with Gasteiger partial charge in [-0.25, -0.2) is 5.01 Å². The van der Waals surface area contributed by atoms with Gasteiger partial charge in [0, 0.05) is 19.1 Å². The average molecular weight is 300 g/mol. The Morgan fingerprint density at radius 3 is 2.36 bits per heavy atom. The van der Waals surface area contributed by atoms with Crippen molar-refractivity contribution in [2.24, 2.45) is 5.92 Å². The molecule has 0 radical (unpaired) electrons. The van der Waals surface area contributed by atoms with E-state index in [9.17, 15) is 0 Å². The Morgan fingerprint density at radius 2 is 1.59 bits per heavy atom. The third-order valence-electron chi connectivity index (χ3n) is 5.36. The zero-order valence-corrected chi connectivity index (χ0v) is 14.0. The molecule has 2 aliphatic rings. The number of hydrogen-bond acceptors (Lipinski definition) is 2. The Balaban J connectivity index is 1.47. The van der Waals surface area contributed by atoms with Crippen molar-refractivity contribution in [1.29, 1.82) is 0 Å². The van der Waals surface area contributed by atoms with Crippen LogP contribution in [0.25, 0.3) is 0 Å². The molecule has 0 aromatic heterocycles. The normalized spacial score (nSPS) is 25.5. The monoisotopic (exact) mass is 300 g/mol. The van der Waals surface area contributed by atoms with Crippen molar-refractivity contribution in [3.63, 3.8) is 0 Å². The van der Waals surface area contributed by atoms with Crippen LogP contribution in [0.15, 0.2) is 30.3 Å². The molecule has 2 fully saturated rings. The van der Waals surface area contributed by atoms with E-state index in [1.807, 2.05) is 0 Å². The molecule has 0 amide bonds. The Labute approximate surface area is 136 Å². The molecule has 1 atom stereocenters. The van der Waals surface area contributed by atoms with Crippen LogP contribution < -0.4 is 5.43 Å². The summed E-state index contributed by atoms with van der Waals surface area (Å²) in [5.74, 6) is 0.817. The lowest BCUT2D eigenvalue weighted by Gasteiger charge is -2.36. The van der Waals surface area contributed by atoms with Crippen molar-refractivity contribution in [2.75, 3.05) is 13.1 Å². The first-order valence-electron chi connectivity index (χ1n) is 9.45. The van der Waals surface area contributed by atoms with Gasteiger partial charge >= 0.3 is 0 Å². The van der Waals surface area contributed by atoms with E-state index in [0.717, 1.165) is 12.0 Å². The van der Waals surface area contributed by atoms with Crippen molar-refractivity contribution >= 4 is 0 Å². The second-order valence-corrected chi connectivity index (χ2v) is 7.32. The fraction of sp³-hybridized carbons (Fsp3) is 0.700. The van der Waals surface area contributed by atoms with Crippen LogP contribution in [0.2, 0.25) is 0 Å². The molecule has 0 spiro atoms. The molecule has 1 heterocycles. The molecule has 1 aliphatic carbocycles. The molecule has 22 heavy (non-hydrogen) atoms. The lowest BCUT2D eigenvalue weighted by molar-refractivity contribution is 0.0868. The summed E-state index contributed by atoms with van der Waals surface area (Å²) in [6, 6.07) is 11.7. The van der Waals surface area contributed by atoms with E-state index in [0.29, 0.717) is 0 Å². The van der Waals surface area contributed by atoms with Crippen molar-refractivity contribution < 1.29 is 0 Å². The van der Waals surface area contributed by atoms with Crippen LogP contribution >= 0.6 is 0 Å². The molecule has 1 unspecified atom stereocenters. The fourth-order valence-electron chi connectivity index (χ4n) is 4.14. The fourth-order valence-corrected chi connectivity index (χ4v) is 4.14. The molecule has 1 aromatic rings. The van der Waals surface area contributed by atoms with Gasteiger partial charge < -0.3 is 0 Å². The van der Waals surface area contributed by atoms with Gasteiger partial charge in [0.15, 0.2) is 0 Å². The number of rotatable bonds is 4. The maximum Gasteiger partial charge on any atom is 0.0215 e. The van der Waals surface area contributed by atoms with Gasteiger partial charge in [0.05, 0.1) is 0 Å². The van der Waals surface area contributed by atoms with Crippen LogP contribution in [0.1, 0.15) is 63.4 Å². The SMILES string of the molecule is c1ccc(CC2CCCN(NC3CCCCCCC3)C2)cc1. The first kappa shape index (κ1) is 16.0. The van der Waals surface area contributed by atoms with Crippen molar-refractivity contribution in [3.8, 4) is 0 Å². The summed E-state index contributed by atoms with van der Waals surface area (Å²) in [5.41, 5.74) is 5.37. The number of nitrogens with one attached hydrogen (secondary N) is 1. The summed E-state index contributed by atoms with van der Waals surface area (Å²) < 4.78 is 0. The molecular weight excluding hydrogens is 268 g/mol. The molecule has 1 aliphatic heterocycles. The molecule has 1 N–H and O–H groups in total. The van der Waals surface area contributed by atoms with Crippen molar-refractivity contribution in [2.45, 2.75) is 70.3 Å². The summed E-state index contributed by atoms with van der Waals surface area (Å²) in [6.07, 6.45) is 13.9. The largest absolute Gasteiger partial charge is 0.252 e. The minimum Gasteiger partial charge on any atom is -0.252 e. The van der Waals surface area contributed by atoms with Gasteiger partial charge in [-0.3, -0.25) is 5.43 Å². The van der Waals surface area contributed by atoms with Crippen molar-refractivity contribution in [1.82, 2.24) is 10.4 Å². The summed E-state index contributed by atoms with van der Waals surface area (Å²) in [7, 11) is 0. The van der Waals surface area contributed by atoms with E-state index >= 15 is 0 Å². The highest BCUT2D eigenvalue weighted by Gasteiger charge is 2.22. The first-order chi connectivity index (χ1) is 10.9. The Bertz CT molecular complexity index is 409. The second kappa shape index (κ2) is 8.69. The van der Waals surface area contributed by atoms with Crippen LogP contribution in [-0.4, -0.2) is 24.1 Å². The maximum absolute atomic E-state index is 3.87. The van der Waals surface area contributed by atoms with Gasteiger partial charge in [-0.15, -0.1) is 0 Å². The smallest absolute Gasteiger partial charge is 0.0215 e. The van der Waals surface area contributed by atoms with Gasteiger partial charge in [-0.05, 0) is 43.6 Å². The molecule has 2 nitrogen and oxygen atoms in total. The summed E-state index contributed by atoms with van der Waals surface area (Å²) in [6.45, 7) is 2.47. The third-order valence-corrected chi connectivity index (χ3v) is 5.36. The quantitative estimate of drug-likeness (QED) is 0.877. The molecule has 0 bridgehead atoms. The molecule has 1 saturated carbocycles. The topological polar surface area (TPSA) is 15.3 Å². The lowest BCUT2D eigenvalue weighted by Crippen LogP contribution is -2.49. The maximum atomic E-state index is 3.87. The predicted octanol–water partition coefficient (Wildman–Crippen LogP) is 4.56. The highest BCUT2D eigenvalue weighted by molar-refractivity contribution is 5.15. The van der Waals surface area contributed by atoms with E-state index < -0.39 is 0 Å². The number of piperidine rings is 1. The van der Waals surface area contributed by atoms with Gasteiger partial charge in [0.1, 0.15) is 0 Å². The standard InChI is InChI=1S/C20H32N2/c1-2-7-13-20(14-8-3-1)21-22-15-9-12-19(17-22)16-18-10-5-4-6-11-18/h4-6,10-11,19-21H,1-3,7-9,12-17H2. The van der Waals surface area contributed by atoms with E-state index in [2.05, 4.69) is 40.8 Å². The summed E-state index contributed by atoms with van der Waals surface area (Å²) >= 11 is 0. The van der Waals surface area contributed by atoms with Crippen LogP contribution in [0.3, 0.4) is 0 Å². The molecule has 122 valence electrons. The minimum absolute atomic E-state index is 0.732.